The average Bonchev–Trinajstić information content (AvgIpc) is 3.40. The Balaban J connectivity index is 1.54. The van der Waals surface area contributed by atoms with Crippen LogP contribution >= 0.6 is 0 Å². The summed E-state index contributed by atoms with van der Waals surface area (Å²) in [6.45, 7) is 1.41. The second-order valence-corrected chi connectivity index (χ2v) is 8.40. The Morgan fingerprint density at radius 1 is 1.21 bits per heavy atom. The van der Waals surface area contributed by atoms with Crippen molar-refractivity contribution in [2.75, 3.05) is 33.3 Å². The average molecular weight is 453 g/mol. The van der Waals surface area contributed by atoms with Gasteiger partial charge in [0.05, 0.1) is 18.6 Å². The molecule has 0 saturated carbocycles. The van der Waals surface area contributed by atoms with Crippen molar-refractivity contribution in [3.05, 3.63) is 65.9 Å². The van der Waals surface area contributed by atoms with Gasteiger partial charge < -0.3 is 24.3 Å². The Labute approximate surface area is 192 Å². The smallest absolute Gasteiger partial charge is 0.341 e. The molecule has 8 heteroatoms. The number of carboxylic acids is 1. The first kappa shape index (κ1) is 22.8. The van der Waals surface area contributed by atoms with Crippen LogP contribution in [0.4, 0.5) is 0 Å². The Bertz CT molecular complexity index is 1090. The van der Waals surface area contributed by atoms with Crippen LogP contribution in [-0.2, 0) is 16.0 Å². The van der Waals surface area contributed by atoms with Crippen LogP contribution in [0.2, 0.25) is 0 Å². The number of carboxylic acid groups (broad SMARTS) is 1. The number of aliphatic hydroxyl groups excluding tert-OH is 1. The maximum Gasteiger partial charge on any atom is 0.341 e. The second kappa shape index (κ2) is 10.1. The molecule has 2 heterocycles. The van der Waals surface area contributed by atoms with Gasteiger partial charge in [-0.05, 0) is 36.2 Å². The number of benzene rings is 2. The maximum absolute atomic E-state index is 13.2. The highest BCUT2D eigenvalue weighted by Crippen LogP contribution is 2.27. The summed E-state index contributed by atoms with van der Waals surface area (Å²) in [6.07, 6.45) is 0.456. The van der Waals surface area contributed by atoms with Crippen LogP contribution in [0, 0.1) is 0 Å². The number of rotatable bonds is 9. The number of amides is 1. The standard InChI is InChI=1S/C25H28N2O6/c1-26(24(29)13-21-12-18-5-2-3-8-23(18)33-21)22(15-27-10-9-19(28)14-27)17-6-4-7-20(11-17)32-16-25(30)31/h2-8,11-12,19,22,28H,9-10,13-16H2,1H3,(H,30,31)/t19-,22+/m0/s1. The van der Waals surface area contributed by atoms with Gasteiger partial charge in [-0.2, -0.15) is 0 Å². The summed E-state index contributed by atoms with van der Waals surface area (Å²) in [5, 5.41) is 19.8. The van der Waals surface area contributed by atoms with Crippen molar-refractivity contribution in [3.8, 4) is 5.75 Å². The lowest BCUT2D eigenvalue weighted by atomic mass is 10.0. The molecule has 2 N–H and O–H groups in total. The molecule has 1 aliphatic heterocycles. The first-order chi connectivity index (χ1) is 15.9. The minimum absolute atomic E-state index is 0.101. The van der Waals surface area contributed by atoms with Crippen LogP contribution < -0.4 is 4.74 Å². The summed E-state index contributed by atoms with van der Waals surface area (Å²) in [5.41, 5.74) is 1.58. The zero-order valence-electron chi connectivity index (χ0n) is 18.5. The molecule has 1 fully saturated rings. The summed E-state index contributed by atoms with van der Waals surface area (Å²) < 4.78 is 11.2. The van der Waals surface area contributed by atoms with Gasteiger partial charge in [-0.15, -0.1) is 0 Å². The highest BCUT2D eigenvalue weighted by molar-refractivity contribution is 5.82. The van der Waals surface area contributed by atoms with Crippen molar-refractivity contribution in [1.82, 2.24) is 9.80 Å². The fourth-order valence-electron chi connectivity index (χ4n) is 4.20. The van der Waals surface area contributed by atoms with Crippen LogP contribution in [-0.4, -0.2) is 71.3 Å². The molecule has 3 aromatic rings. The molecule has 4 rings (SSSR count). The Morgan fingerprint density at radius 2 is 2.03 bits per heavy atom. The van der Waals surface area contributed by atoms with Crippen molar-refractivity contribution in [2.24, 2.45) is 0 Å². The minimum atomic E-state index is -1.05. The van der Waals surface area contributed by atoms with Gasteiger partial charge in [0.2, 0.25) is 5.91 Å². The first-order valence-electron chi connectivity index (χ1n) is 11.0. The van der Waals surface area contributed by atoms with E-state index in [9.17, 15) is 14.7 Å². The number of aliphatic carboxylic acids is 1. The fraction of sp³-hybridized carbons (Fsp3) is 0.360. The van der Waals surface area contributed by atoms with Crippen LogP contribution in [0.15, 0.2) is 59.0 Å². The van der Waals surface area contributed by atoms with E-state index in [0.29, 0.717) is 31.0 Å². The highest BCUT2D eigenvalue weighted by atomic mass is 16.5. The van der Waals surface area contributed by atoms with Gasteiger partial charge in [-0.3, -0.25) is 9.69 Å². The van der Waals surface area contributed by atoms with E-state index >= 15 is 0 Å². The fourth-order valence-corrected chi connectivity index (χ4v) is 4.20. The molecule has 8 nitrogen and oxygen atoms in total. The van der Waals surface area contributed by atoms with Gasteiger partial charge in [-0.1, -0.05) is 30.3 Å². The van der Waals surface area contributed by atoms with Crippen molar-refractivity contribution in [3.63, 3.8) is 0 Å². The Morgan fingerprint density at radius 3 is 2.76 bits per heavy atom. The predicted octanol–water partition coefficient (Wildman–Crippen LogP) is 2.71. The van der Waals surface area contributed by atoms with Crippen molar-refractivity contribution in [1.29, 1.82) is 0 Å². The number of nitrogens with zero attached hydrogens (tertiary/aromatic N) is 2. The summed E-state index contributed by atoms with van der Waals surface area (Å²) in [6, 6.07) is 16.4. The van der Waals surface area contributed by atoms with Gasteiger partial charge in [0.25, 0.3) is 0 Å². The highest BCUT2D eigenvalue weighted by Gasteiger charge is 2.29. The maximum atomic E-state index is 13.2. The molecule has 0 radical (unpaired) electrons. The Hall–Kier alpha value is -3.36. The molecule has 1 aromatic heterocycles. The van der Waals surface area contributed by atoms with Gasteiger partial charge in [-0.25, -0.2) is 4.79 Å². The normalized spacial score (nSPS) is 17.2. The monoisotopic (exact) mass is 452 g/mol. The van der Waals surface area contributed by atoms with Crippen molar-refractivity contribution < 1.29 is 29.0 Å². The number of carbonyl (C=O) groups is 2. The van der Waals surface area contributed by atoms with E-state index in [1.807, 2.05) is 36.4 Å². The number of hydrogen-bond acceptors (Lipinski definition) is 6. The molecule has 0 bridgehead atoms. The summed E-state index contributed by atoms with van der Waals surface area (Å²) >= 11 is 0. The predicted molar refractivity (Wildman–Crippen MR) is 122 cm³/mol. The number of likely N-dealkylation sites (tertiary alicyclic amines) is 1. The van der Waals surface area contributed by atoms with Crippen LogP contribution in [0.1, 0.15) is 23.8 Å². The van der Waals surface area contributed by atoms with Gasteiger partial charge in [0.15, 0.2) is 6.61 Å². The molecule has 2 atom stereocenters. The molecule has 1 aliphatic rings. The largest absolute Gasteiger partial charge is 0.482 e. The third-order valence-corrected chi connectivity index (χ3v) is 5.95. The molecule has 0 aliphatic carbocycles. The third kappa shape index (κ3) is 5.71. The molecule has 174 valence electrons. The van der Waals surface area contributed by atoms with E-state index in [4.69, 9.17) is 14.3 Å². The molecule has 0 unspecified atom stereocenters. The van der Waals surface area contributed by atoms with Gasteiger partial charge in [0.1, 0.15) is 17.1 Å². The van der Waals surface area contributed by atoms with E-state index in [0.717, 1.165) is 23.1 Å². The van der Waals surface area contributed by atoms with E-state index < -0.39 is 12.6 Å². The zero-order valence-corrected chi connectivity index (χ0v) is 18.5. The number of fused-ring (bicyclic) bond motifs is 1. The van der Waals surface area contributed by atoms with Crippen LogP contribution in [0.5, 0.6) is 5.75 Å². The van der Waals surface area contributed by atoms with E-state index in [1.54, 1.807) is 30.1 Å². The van der Waals surface area contributed by atoms with E-state index in [2.05, 4.69) is 4.90 Å². The topological polar surface area (TPSA) is 103 Å². The zero-order chi connectivity index (χ0) is 23.4. The number of hydrogen-bond donors (Lipinski definition) is 2. The van der Waals surface area contributed by atoms with Crippen molar-refractivity contribution in [2.45, 2.75) is 25.0 Å². The third-order valence-electron chi connectivity index (χ3n) is 5.95. The number of carbonyl (C=O) groups excluding carboxylic acids is 1. The molecule has 1 saturated heterocycles. The summed E-state index contributed by atoms with van der Waals surface area (Å²) in [7, 11) is 1.76. The number of likely N-dealkylation sites (N-methyl/N-ethyl adjacent to an activating group) is 1. The number of ether oxygens (including phenoxy) is 1. The van der Waals surface area contributed by atoms with Gasteiger partial charge >= 0.3 is 5.97 Å². The molecule has 1 amide bonds. The van der Waals surface area contributed by atoms with Gasteiger partial charge in [0, 0.05) is 32.1 Å². The number of furan rings is 1. The summed E-state index contributed by atoms with van der Waals surface area (Å²) in [5.74, 6) is -0.127. The second-order valence-electron chi connectivity index (χ2n) is 8.40. The molecular formula is C25H28N2O6. The lowest BCUT2D eigenvalue weighted by Gasteiger charge is -2.32. The van der Waals surface area contributed by atoms with E-state index in [1.165, 1.54) is 0 Å². The number of aliphatic hydroxyl groups is 1. The Kier molecular flexibility index (Phi) is 6.96. The van der Waals surface area contributed by atoms with Crippen LogP contribution in [0.25, 0.3) is 11.0 Å². The number of β-amino-alcohol motifs (C(OH)–C–C–N with tert-alkyl or cyclic N) is 1. The molecule has 2 aromatic carbocycles. The van der Waals surface area contributed by atoms with E-state index in [-0.39, 0.29) is 24.5 Å². The minimum Gasteiger partial charge on any atom is -0.482 e. The molecule has 33 heavy (non-hydrogen) atoms. The molecular weight excluding hydrogens is 424 g/mol. The SMILES string of the molecule is CN(C(=O)Cc1cc2ccccc2o1)[C@H](CN1CC[C@H](O)C1)c1cccc(OCC(=O)O)c1. The lowest BCUT2D eigenvalue weighted by Crippen LogP contribution is -2.39. The number of para-hydroxylation sites is 1. The lowest BCUT2D eigenvalue weighted by molar-refractivity contribution is -0.139. The summed E-state index contributed by atoms with van der Waals surface area (Å²) in [4.78, 5) is 27.9. The first-order valence-corrected chi connectivity index (χ1v) is 11.0. The molecule has 0 spiro atoms. The van der Waals surface area contributed by atoms with Crippen LogP contribution in [0.3, 0.4) is 0 Å². The quantitative estimate of drug-likeness (QED) is 0.514. The van der Waals surface area contributed by atoms with Crippen molar-refractivity contribution >= 4 is 22.8 Å².